The summed E-state index contributed by atoms with van der Waals surface area (Å²) in [5.41, 5.74) is 11.2. The zero-order valence-electron chi connectivity index (χ0n) is 23.4. The lowest BCUT2D eigenvalue weighted by Crippen LogP contribution is -2.26. The van der Waals surface area contributed by atoms with Crippen molar-refractivity contribution in [2.24, 2.45) is 5.92 Å². The third kappa shape index (κ3) is 6.55. The molecule has 1 aromatic carbocycles. The van der Waals surface area contributed by atoms with Crippen LogP contribution in [0.5, 0.6) is 0 Å². The second kappa shape index (κ2) is 13.3. The van der Waals surface area contributed by atoms with Gasteiger partial charge < -0.3 is 0 Å². The first kappa shape index (κ1) is 28.9. The Morgan fingerprint density at radius 2 is 1.78 bits per heavy atom. The molecule has 2 heteroatoms. The van der Waals surface area contributed by atoms with E-state index >= 15 is 0 Å². The summed E-state index contributed by atoms with van der Waals surface area (Å²) in [6.07, 6.45) is 25.2. The highest BCUT2D eigenvalue weighted by Gasteiger charge is 2.42. The first-order valence-electron chi connectivity index (χ1n) is 14.8. The van der Waals surface area contributed by atoms with E-state index in [0.717, 1.165) is 10.4 Å². The minimum atomic E-state index is 0.104. The van der Waals surface area contributed by atoms with Gasteiger partial charge in [-0.2, -0.15) is 0 Å². The van der Waals surface area contributed by atoms with Crippen LogP contribution in [0.2, 0.25) is 0 Å². The van der Waals surface area contributed by atoms with Crippen molar-refractivity contribution in [2.75, 3.05) is 0 Å². The number of rotatable bonds is 14. The van der Waals surface area contributed by atoms with Gasteiger partial charge in [-0.3, -0.25) is 0 Å². The molecule has 2 atom stereocenters. The Bertz CT molecular complexity index is 1110. The van der Waals surface area contributed by atoms with E-state index in [4.69, 9.17) is 0 Å². The van der Waals surface area contributed by atoms with Gasteiger partial charge >= 0.3 is 0 Å². The Morgan fingerprint density at radius 3 is 2.46 bits per heavy atom. The molecule has 1 aromatic rings. The van der Waals surface area contributed by atoms with Gasteiger partial charge in [-0.15, -0.1) is 0 Å². The minimum Gasteiger partial charge on any atom is -0.0979 e. The third-order valence-corrected chi connectivity index (χ3v) is 10.3. The fourth-order valence-corrected chi connectivity index (χ4v) is 7.59. The number of benzene rings is 1. The molecular weight excluding hydrogens is 580 g/mol. The number of hydrogen-bond acceptors (Lipinski definition) is 0. The van der Waals surface area contributed by atoms with Crippen molar-refractivity contribution < 1.29 is 0 Å². The lowest BCUT2D eigenvalue weighted by atomic mass is 9.69. The van der Waals surface area contributed by atoms with Crippen LogP contribution in [0.4, 0.5) is 0 Å². The number of fused-ring (bicyclic) bond motifs is 1. The van der Waals surface area contributed by atoms with Crippen LogP contribution in [-0.2, 0) is 5.41 Å². The predicted molar refractivity (Wildman–Crippen MR) is 170 cm³/mol. The van der Waals surface area contributed by atoms with Crippen LogP contribution in [-0.4, -0.2) is 0 Å². The molecular formula is C35H46Br2. The summed E-state index contributed by atoms with van der Waals surface area (Å²) in [6, 6.07) is 6.96. The molecule has 0 N–H and O–H groups in total. The lowest BCUT2D eigenvalue weighted by molar-refractivity contribution is 0.396. The van der Waals surface area contributed by atoms with Crippen LogP contribution in [0, 0.1) is 5.92 Å². The second-order valence-electron chi connectivity index (χ2n) is 11.7. The monoisotopic (exact) mass is 624 g/mol. The average molecular weight is 627 g/mol. The lowest BCUT2D eigenvalue weighted by Gasteiger charge is -2.34. The number of halogens is 2. The van der Waals surface area contributed by atoms with Crippen molar-refractivity contribution in [3.05, 3.63) is 85.4 Å². The molecule has 0 nitrogen and oxygen atoms in total. The van der Waals surface area contributed by atoms with Crippen LogP contribution in [0.15, 0.2) is 74.3 Å². The van der Waals surface area contributed by atoms with Gasteiger partial charge in [0.15, 0.2) is 0 Å². The van der Waals surface area contributed by atoms with Gasteiger partial charge in [0, 0.05) is 14.4 Å². The molecule has 0 radical (unpaired) electrons. The van der Waals surface area contributed by atoms with Crippen LogP contribution in [0.25, 0.3) is 5.57 Å². The summed E-state index contributed by atoms with van der Waals surface area (Å²) < 4.78 is 2.29. The Balaban J connectivity index is 1.46. The first-order chi connectivity index (χ1) is 17.9. The summed E-state index contributed by atoms with van der Waals surface area (Å²) in [5.74, 6) is 0.768. The minimum absolute atomic E-state index is 0.104. The van der Waals surface area contributed by atoms with Crippen molar-refractivity contribution in [2.45, 2.75) is 116 Å². The van der Waals surface area contributed by atoms with E-state index in [0.29, 0.717) is 0 Å². The van der Waals surface area contributed by atoms with Gasteiger partial charge in [0.25, 0.3) is 0 Å². The number of allylic oxidation sites excluding steroid dienone is 9. The molecule has 0 fully saturated rings. The molecule has 0 heterocycles. The van der Waals surface area contributed by atoms with Gasteiger partial charge in [0.05, 0.1) is 0 Å². The maximum atomic E-state index is 4.02. The van der Waals surface area contributed by atoms with Crippen LogP contribution in [0.3, 0.4) is 0 Å². The average Bonchev–Trinajstić information content (AvgIpc) is 3.09. The molecule has 0 bridgehead atoms. The van der Waals surface area contributed by atoms with E-state index < -0.39 is 0 Å². The zero-order chi connectivity index (χ0) is 26.4. The second-order valence-corrected chi connectivity index (χ2v) is 13.6. The maximum Gasteiger partial charge on any atom is 0.0212 e. The summed E-state index contributed by atoms with van der Waals surface area (Å²) in [5, 5.41) is 0. The van der Waals surface area contributed by atoms with Crippen molar-refractivity contribution in [1.29, 1.82) is 0 Å². The molecule has 37 heavy (non-hydrogen) atoms. The third-order valence-electron chi connectivity index (χ3n) is 9.27. The van der Waals surface area contributed by atoms with E-state index in [1.54, 1.807) is 16.7 Å². The highest BCUT2D eigenvalue weighted by atomic mass is 79.9. The number of unbranched alkanes of at least 4 members (excludes halogenated alkanes) is 6. The predicted octanol–water partition coefficient (Wildman–Crippen LogP) is 12.3. The summed E-state index contributed by atoms with van der Waals surface area (Å²) in [7, 11) is 0. The quantitative estimate of drug-likeness (QED) is 0.142. The number of hydrogen-bond donors (Lipinski definition) is 0. The molecule has 2 unspecified atom stereocenters. The van der Waals surface area contributed by atoms with Crippen molar-refractivity contribution >= 4 is 37.4 Å². The van der Waals surface area contributed by atoms with Gasteiger partial charge in [-0.1, -0.05) is 127 Å². The van der Waals surface area contributed by atoms with E-state index in [9.17, 15) is 0 Å². The van der Waals surface area contributed by atoms with Gasteiger partial charge in [-0.05, 0) is 104 Å². The summed E-state index contributed by atoms with van der Waals surface area (Å²) in [4.78, 5) is 0. The summed E-state index contributed by atoms with van der Waals surface area (Å²) >= 11 is 7.57. The highest BCUT2D eigenvalue weighted by Crippen LogP contribution is 2.54. The molecule has 0 aliphatic heterocycles. The normalized spacial score (nSPS) is 23.1. The Kier molecular flexibility index (Phi) is 10.4. The van der Waals surface area contributed by atoms with Crippen molar-refractivity contribution in [1.82, 2.24) is 0 Å². The van der Waals surface area contributed by atoms with Crippen LogP contribution < -0.4 is 0 Å². The first-order valence-corrected chi connectivity index (χ1v) is 16.4. The largest absolute Gasteiger partial charge is 0.0979 e. The SMILES string of the molecule is C=C/C(Br)=C\C1=C(C)c2ccc(Br)cc2C1(CCCCCC)CCCCCCC1=CC2=C(CC2)CC1C. The molecule has 0 spiro atoms. The van der Waals surface area contributed by atoms with Crippen molar-refractivity contribution in [3.63, 3.8) is 0 Å². The molecule has 3 aliphatic rings. The van der Waals surface area contributed by atoms with Gasteiger partial charge in [0.1, 0.15) is 0 Å². The maximum absolute atomic E-state index is 4.02. The van der Waals surface area contributed by atoms with Gasteiger partial charge in [0.2, 0.25) is 0 Å². The smallest absolute Gasteiger partial charge is 0.0212 e. The topological polar surface area (TPSA) is 0 Å². The fourth-order valence-electron chi connectivity index (χ4n) is 7.00. The van der Waals surface area contributed by atoms with E-state index in [1.165, 1.54) is 117 Å². The Labute approximate surface area is 243 Å². The highest BCUT2D eigenvalue weighted by molar-refractivity contribution is 9.12. The van der Waals surface area contributed by atoms with E-state index in [-0.39, 0.29) is 5.41 Å². The van der Waals surface area contributed by atoms with Crippen LogP contribution >= 0.6 is 31.9 Å². The Hall–Kier alpha value is -1.12. The molecule has 200 valence electrons. The molecule has 0 aromatic heterocycles. The van der Waals surface area contributed by atoms with Crippen molar-refractivity contribution in [3.8, 4) is 0 Å². The van der Waals surface area contributed by atoms with Gasteiger partial charge in [-0.25, -0.2) is 0 Å². The van der Waals surface area contributed by atoms with E-state index in [1.807, 2.05) is 6.08 Å². The Morgan fingerprint density at radius 1 is 1.05 bits per heavy atom. The molecule has 0 amide bonds. The zero-order valence-corrected chi connectivity index (χ0v) is 26.6. The molecule has 0 saturated heterocycles. The van der Waals surface area contributed by atoms with E-state index in [2.05, 4.69) is 89.6 Å². The summed E-state index contributed by atoms with van der Waals surface area (Å²) in [6.45, 7) is 11.1. The molecule has 4 rings (SSSR count). The fraction of sp³-hybridized carbons (Fsp3) is 0.543. The molecule has 0 saturated carbocycles. The van der Waals surface area contributed by atoms with Crippen LogP contribution in [0.1, 0.15) is 122 Å². The standard InChI is InChI=1S/C35H46Br2/c1-5-7-8-12-19-35(20-13-10-9-11-14-27-22-29-16-15-28(29)21-25(27)3)33(23-30(36)6-2)26(4)32-18-17-31(37)24-34(32)35/h6,17-18,22-25H,2,5,7-16,19-21H2,1,3-4H3/b30-23+. The molecule has 3 aliphatic carbocycles.